The van der Waals surface area contributed by atoms with E-state index in [2.05, 4.69) is 26.3 Å². The molecule has 1 aromatic rings. The summed E-state index contributed by atoms with van der Waals surface area (Å²) in [5.74, 6) is 0. The lowest BCUT2D eigenvalue weighted by molar-refractivity contribution is 0.208. The van der Waals surface area contributed by atoms with E-state index in [0.29, 0.717) is 18.8 Å². The highest BCUT2D eigenvalue weighted by Gasteiger charge is 2.18. The molecular weight excluding hydrogens is 322 g/mol. The maximum atomic E-state index is 12.0. The highest BCUT2D eigenvalue weighted by molar-refractivity contribution is 5.74. The first-order valence-corrected chi connectivity index (χ1v) is 8.86. The van der Waals surface area contributed by atoms with Gasteiger partial charge in [0.15, 0.2) is 0 Å². The Bertz CT molecular complexity index is 717. The number of likely N-dealkylation sites (tertiary alicyclic amines) is 1. The molecule has 0 bridgehead atoms. The second-order valence-corrected chi connectivity index (χ2v) is 6.65. The van der Waals surface area contributed by atoms with Crippen LogP contribution < -0.4 is 16.6 Å². The third kappa shape index (κ3) is 5.06. The van der Waals surface area contributed by atoms with Gasteiger partial charge in [-0.1, -0.05) is 11.6 Å². The molecule has 8 nitrogen and oxygen atoms in total. The molecule has 25 heavy (non-hydrogen) atoms. The Balaban J connectivity index is 1.46. The predicted molar refractivity (Wildman–Crippen MR) is 94.5 cm³/mol. The van der Waals surface area contributed by atoms with Crippen LogP contribution in [0, 0.1) is 0 Å². The standard InChI is InChI=1S/C17H25N5O3/c23-15-10-14(19-16(24)20-15)12-21-7-3-4-13(11-21)5-6-18-17(25)22-8-1-2-9-22/h4,10H,1-3,5-9,11-12H2,(H,18,25)(H2,19,20,23,24). The van der Waals surface area contributed by atoms with Crippen LogP contribution in [0.4, 0.5) is 4.79 Å². The summed E-state index contributed by atoms with van der Waals surface area (Å²) < 4.78 is 0. The number of aromatic nitrogens is 2. The van der Waals surface area contributed by atoms with Crippen LogP contribution in [0.25, 0.3) is 0 Å². The van der Waals surface area contributed by atoms with E-state index in [4.69, 9.17) is 0 Å². The molecule has 2 aliphatic heterocycles. The van der Waals surface area contributed by atoms with E-state index < -0.39 is 5.69 Å². The molecule has 1 saturated heterocycles. The van der Waals surface area contributed by atoms with E-state index in [1.807, 2.05) is 4.90 Å². The van der Waals surface area contributed by atoms with Gasteiger partial charge in [0.25, 0.3) is 5.56 Å². The number of amides is 2. The van der Waals surface area contributed by atoms with Crippen LogP contribution in [-0.4, -0.2) is 58.5 Å². The molecule has 136 valence electrons. The van der Waals surface area contributed by atoms with Crippen molar-refractivity contribution < 1.29 is 4.79 Å². The first-order chi connectivity index (χ1) is 12.1. The van der Waals surface area contributed by atoms with E-state index in [1.165, 1.54) is 11.6 Å². The molecular formula is C17H25N5O3. The van der Waals surface area contributed by atoms with Crippen molar-refractivity contribution in [3.05, 3.63) is 44.2 Å². The average molecular weight is 347 g/mol. The normalized spacial score (nSPS) is 18.2. The molecule has 0 saturated carbocycles. The van der Waals surface area contributed by atoms with Gasteiger partial charge in [-0.2, -0.15) is 0 Å². The van der Waals surface area contributed by atoms with Gasteiger partial charge in [0, 0.05) is 51.0 Å². The van der Waals surface area contributed by atoms with Crippen LogP contribution in [0.5, 0.6) is 0 Å². The minimum Gasteiger partial charge on any atom is -0.338 e. The minimum absolute atomic E-state index is 0.0341. The summed E-state index contributed by atoms with van der Waals surface area (Å²) in [4.78, 5) is 43.6. The topological polar surface area (TPSA) is 101 Å². The molecule has 0 aliphatic carbocycles. The third-order valence-corrected chi connectivity index (χ3v) is 4.63. The quantitative estimate of drug-likeness (QED) is 0.671. The number of carbonyl (C=O) groups is 1. The largest absolute Gasteiger partial charge is 0.338 e. The summed E-state index contributed by atoms with van der Waals surface area (Å²) in [7, 11) is 0. The van der Waals surface area contributed by atoms with E-state index in [-0.39, 0.29) is 11.6 Å². The molecule has 0 radical (unpaired) electrons. The highest BCUT2D eigenvalue weighted by atomic mass is 16.2. The predicted octanol–water partition coefficient (Wildman–Crippen LogP) is 0.391. The molecule has 0 aromatic carbocycles. The number of hydrogen-bond acceptors (Lipinski definition) is 4. The Labute approximate surface area is 145 Å². The Morgan fingerprint density at radius 3 is 2.72 bits per heavy atom. The number of H-pyrrole nitrogens is 2. The van der Waals surface area contributed by atoms with Gasteiger partial charge in [0.05, 0.1) is 0 Å². The number of carbonyl (C=O) groups excluding carboxylic acids is 1. The van der Waals surface area contributed by atoms with Crippen molar-refractivity contribution in [1.29, 1.82) is 0 Å². The van der Waals surface area contributed by atoms with Gasteiger partial charge in [-0.15, -0.1) is 0 Å². The molecule has 3 heterocycles. The van der Waals surface area contributed by atoms with Crippen LogP contribution in [0.3, 0.4) is 0 Å². The molecule has 2 amide bonds. The SMILES string of the molecule is O=C(NCCC1=CCCN(Cc2cc(=O)[nH]c(=O)[nH]2)C1)N1CCCC1. The molecule has 3 rings (SSSR count). The van der Waals surface area contributed by atoms with Crippen LogP contribution >= 0.6 is 0 Å². The Hall–Kier alpha value is -2.35. The van der Waals surface area contributed by atoms with Crippen LogP contribution in [0.15, 0.2) is 27.3 Å². The smallest absolute Gasteiger partial charge is 0.325 e. The zero-order valence-electron chi connectivity index (χ0n) is 14.3. The van der Waals surface area contributed by atoms with Gasteiger partial charge in [-0.05, 0) is 25.7 Å². The molecule has 1 fully saturated rings. The fourth-order valence-electron chi connectivity index (χ4n) is 3.41. The van der Waals surface area contributed by atoms with Crippen LogP contribution in [-0.2, 0) is 6.54 Å². The molecule has 2 aliphatic rings. The van der Waals surface area contributed by atoms with Crippen LogP contribution in [0.1, 0.15) is 31.4 Å². The Morgan fingerprint density at radius 2 is 1.96 bits per heavy atom. The van der Waals surface area contributed by atoms with Gasteiger partial charge >= 0.3 is 11.7 Å². The second-order valence-electron chi connectivity index (χ2n) is 6.65. The lowest BCUT2D eigenvalue weighted by atomic mass is 10.1. The first-order valence-electron chi connectivity index (χ1n) is 8.86. The molecule has 3 N–H and O–H groups in total. The van der Waals surface area contributed by atoms with Gasteiger partial charge < -0.3 is 15.2 Å². The van der Waals surface area contributed by atoms with Crippen molar-refractivity contribution in [2.45, 2.75) is 32.2 Å². The number of urea groups is 1. The number of rotatable bonds is 5. The summed E-state index contributed by atoms with van der Waals surface area (Å²) in [6.07, 6.45) is 6.17. The van der Waals surface area contributed by atoms with Crippen molar-refractivity contribution in [3.63, 3.8) is 0 Å². The summed E-state index contributed by atoms with van der Waals surface area (Å²) in [6.45, 7) is 4.56. The van der Waals surface area contributed by atoms with E-state index in [1.54, 1.807) is 0 Å². The first kappa shape index (κ1) is 17.5. The van der Waals surface area contributed by atoms with Gasteiger partial charge in [-0.3, -0.25) is 14.7 Å². The molecule has 0 spiro atoms. The Kier molecular flexibility index (Phi) is 5.70. The second kappa shape index (κ2) is 8.15. The van der Waals surface area contributed by atoms with Gasteiger partial charge in [0.2, 0.25) is 0 Å². The molecule has 0 atom stereocenters. The lowest BCUT2D eigenvalue weighted by Crippen LogP contribution is -2.39. The third-order valence-electron chi connectivity index (χ3n) is 4.63. The average Bonchev–Trinajstić information content (AvgIpc) is 3.08. The van der Waals surface area contributed by atoms with E-state index >= 15 is 0 Å². The molecule has 0 unspecified atom stereocenters. The maximum Gasteiger partial charge on any atom is 0.325 e. The van der Waals surface area contributed by atoms with Crippen molar-refractivity contribution in [2.24, 2.45) is 0 Å². The summed E-state index contributed by atoms with van der Waals surface area (Å²) in [5.41, 5.74) is 1.05. The zero-order valence-corrected chi connectivity index (χ0v) is 14.3. The molecule has 1 aromatic heterocycles. The number of aromatic amines is 2. The van der Waals surface area contributed by atoms with Crippen molar-refractivity contribution in [3.8, 4) is 0 Å². The number of hydrogen-bond donors (Lipinski definition) is 3. The van der Waals surface area contributed by atoms with Gasteiger partial charge in [0.1, 0.15) is 0 Å². The number of nitrogens with one attached hydrogen (secondary N) is 3. The monoisotopic (exact) mass is 347 g/mol. The highest BCUT2D eigenvalue weighted by Crippen LogP contribution is 2.14. The van der Waals surface area contributed by atoms with Crippen LogP contribution in [0.2, 0.25) is 0 Å². The van der Waals surface area contributed by atoms with E-state index in [9.17, 15) is 14.4 Å². The van der Waals surface area contributed by atoms with E-state index in [0.717, 1.165) is 51.9 Å². The zero-order chi connectivity index (χ0) is 17.6. The molecule has 8 heteroatoms. The summed E-state index contributed by atoms with van der Waals surface area (Å²) >= 11 is 0. The number of nitrogens with zero attached hydrogens (tertiary/aromatic N) is 2. The fraction of sp³-hybridized carbons (Fsp3) is 0.588. The van der Waals surface area contributed by atoms with Gasteiger partial charge in [-0.25, -0.2) is 9.59 Å². The lowest BCUT2D eigenvalue weighted by Gasteiger charge is -2.27. The Morgan fingerprint density at radius 1 is 1.16 bits per heavy atom. The summed E-state index contributed by atoms with van der Waals surface area (Å²) in [5, 5.41) is 2.99. The minimum atomic E-state index is -0.472. The fourth-order valence-corrected chi connectivity index (χ4v) is 3.41. The van der Waals surface area contributed by atoms with Crippen molar-refractivity contribution >= 4 is 6.03 Å². The van der Waals surface area contributed by atoms with Crippen molar-refractivity contribution in [1.82, 2.24) is 25.1 Å². The van der Waals surface area contributed by atoms with Crippen molar-refractivity contribution in [2.75, 3.05) is 32.7 Å². The summed E-state index contributed by atoms with van der Waals surface area (Å²) in [6, 6.07) is 1.46. The maximum absolute atomic E-state index is 12.0.